The van der Waals surface area contributed by atoms with Gasteiger partial charge in [0.05, 0.1) is 17.9 Å². The topological polar surface area (TPSA) is 104 Å². The number of aromatic nitrogens is 2. The highest BCUT2D eigenvalue weighted by Crippen LogP contribution is 2.27. The van der Waals surface area contributed by atoms with Crippen LogP contribution in [0.25, 0.3) is 22.4 Å². The van der Waals surface area contributed by atoms with Gasteiger partial charge in [-0.25, -0.2) is 14.8 Å². The summed E-state index contributed by atoms with van der Waals surface area (Å²) >= 11 is 1.30. The van der Waals surface area contributed by atoms with E-state index in [0.29, 0.717) is 34.8 Å². The van der Waals surface area contributed by atoms with Crippen molar-refractivity contribution in [3.05, 3.63) is 59.8 Å². The number of hydrogen-bond acceptors (Lipinski definition) is 8. The molecular weight excluding hydrogens is 430 g/mol. The zero-order chi connectivity index (χ0) is 22.5. The van der Waals surface area contributed by atoms with Crippen LogP contribution in [0, 0.1) is 0 Å². The minimum absolute atomic E-state index is 0.296. The average molecular weight is 452 g/mol. The molecule has 0 fully saturated rings. The zero-order valence-electron chi connectivity index (χ0n) is 17.5. The molecule has 0 aliphatic carbocycles. The van der Waals surface area contributed by atoms with Gasteiger partial charge in [0.1, 0.15) is 11.3 Å². The van der Waals surface area contributed by atoms with Crippen molar-refractivity contribution in [1.82, 2.24) is 9.97 Å². The summed E-state index contributed by atoms with van der Waals surface area (Å²) in [6.07, 6.45) is 0.673. The standard InChI is InChI=1S/C23H21N3O5S/c1-3-19(31-22(28)15-7-10-20-17(11-15)24-13-30-20)21(27)26-23-25-18(12-32-23)14-5-8-16(9-6-14)29-4-2/h5-13,19H,3-4H2,1-2H3,(H,25,26,27). The van der Waals surface area contributed by atoms with Gasteiger partial charge < -0.3 is 13.9 Å². The molecule has 0 radical (unpaired) electrons. The third-order valence-electron chi connectivity index (χ3n) is 4.67. The van der Waals surface area contributed by atoms with E-state index in [1.807, 2.05) is 36.6 Å². The summed E-state index contributed by atoms with van der Waals surface area (Å²) in [7, 11) is 0. The quantitative estimate of drug-likeness (QED) is 0.379. The minimum atomic E-state index is -0.951. The Morgan fingerprint density at radius 1 is 1.16 bits per heavy atom. The minimum Gasteiger partial charge on any atom is -0.494 e. The van der Waals surface area contributed by atoms with Gasteiger partial charge in [0, 0.05) is 10.9 Å². The molecular formula is C23H21N3O5S. The van der Waals surface area contributed by atoms with E-state index in [1.165, 1.54) is 17.7 Å². The Morgan fingerprint density at radius 3 is 2.72 bits per heavy atom. The van der Waals surface area contributed by atoms with Crippen molar-refractivity contribution in [2.24, 2.45) is 0 Å². The molecule has 0 bridgehead atoms. The van der Waals surface area contributed by atoms with Gasteiger partial charge in [0.25, 0.3) is 5.91 Å². The summed E-state index contributed by atoms with van der Waals surface area (Å²) in [5.74, 6) is -0.252. The summed E-state index contributed by atoms with van der Waals surface area (Å²) in [4.78, 5) is 33.7. The molecule has 9 heteroatoms. The molecule has 4 aromatic rings. The number of fused-ring (bicyclic) bond motifs is 1. The van der Waals surface area contributed by atoms with Gasteiger partial charge in [-0.3, -0.25) is 10.1 Å². The maximum Gasteiger partial charge on any atom is 0.338 e. The van der Waals surface area contributed by atoms with Crippen molar-refractivity contribution >= 4 is 39.4 Å². The normalized spacial score (nSPS) is 11.8. The summed E-state index contributed by atoms with van der Waals surface area (Å²) in [5.41, 5.74) is 3.05. The Bertz CT molecular complexity index is 1230. The molecule has 1 unspecified atom stereocenters. The monoisotopic (exact) mass is 451 g/mol. The second kappa shape index (κ2) is 9.61. The molecule has 2 aromatic carbocycles. The molecule has 0 aliphatic heterocycles. The number of carbonyl (C=O) groups excluding carboxylic acids is 2. The van der Waals surface area contributed by atoms with Crippen LogP contribution in [0.5, 0.6) is 5.75 Å². The number of esters is 1. The number of ether oxygens (including phenoxy) is 2. The lowest BCUT2D eigenvalue weighted by molar-refractivity contribution is -0.124. The first-order valence-corrected chi connectivity index (χ1v) is 11.0. The van der Waals surface area contributed by atoms with Crippen LogP contribution in [0.15, 0.2) is 58.7 Å². The highest BCUT2D eigenvalue weighted by molar-refractivity contribution is 7.14. The molecule has 2 heterocycles. The van der Waals surface area contributed by atoms with Crippen molar-refractivity contribution < 1.29 is 23.5 Å². The lowest BCUT2D eigenvalue weighted by Crippen LogP contribution is -2.32. The first-order chi connectivity index (χ1) is 15.6. The van der Waals surface area contributed by atoms with Gasteiger partial charge in [-0.05, 0) is 55.8 Å². The number of anilines is 1. The van der Waals surface area contributed by atoms with Crippen LogP contribution in [0.2, 0.25) is 0 Å². The van der Waals surface area contributed by atoms with Gasteiger partial charge in [-0.15, -0.1) is 11.3 Å². The van der Waals surface area contributed by atoms with E-state index in [4.69, 9.17) is 13.9 Å². The van der Waals surface area contributed by atoms with E-state index >= 15 is 0 Å². The maximum absolute atomic E-state index is 12.7. The average Bonchev–Trinajstić information content (AvgIpc) is 3.47. The molecule has 32 heavy (non-hydrogen) atoms. The first-order valence-electron chi connectivity index (χ1n) is 10.1. The number of rotatable bonds is 8. The maximum atomic E-state index is 12.7. The molecule has 0 spiro atoms. The molecule has 164 valence electrons. The number of amides is 1. The number of hydrogen-bond donors (Lipinski definition) is 1. The SMILES string of the molecule is CCOc1ccc(-c2csc(NC(=O)C(CC)OC(=O)c3ccc4ocnc4c3)n2)cc1. The van der Waals surface area contributed by atoms with Gasteiger partial charge in [0.15, 0.2) is 23.2 Å². The first kappa shape index (κ1) is 21.5. The predicted octanol–water partition coefficient (Wildman–Crippen LogP) is 4.92. The molecule has 8 nitrogen and oxygen atoms in total. The van der Waals surface area contributed by atoms with Crippen LogP contribution in [0.3, 0.4) is 0 Å². The lowest BCUT2D eigenvalue weighted by atomic mass is 10.2. The fraction of sp³-hybridized carbons (Fsp3) is 0.217. The molecule has 0 aliphatic rings. The highest BCUT2D eigenvalue weighted by Gasteiger charge is 2.23. The van der Waals surface area contributed by atoms with Crippen LogP contribution in [0.1, 0.15) is 30.6 Å². The van der Waals surface area contributed by atoms with E-state index in [2.05, 4.69) is 15.3 Å². The molecule has 1 atom stereocenters. The van der Waals surface area contributed by atoms with Crippen LogP contribution < -0.4 is 10.1 Å². The smallest absolute Gasteiger partial charge is 0.338 e. The number of thiazole rings is 1. The second-order valence-corrected chi connectivity index (χ2v) is 7.68. The van der Waals surface area contributed by atoms with E-state index in [1.54, 1.807) is 25.1 Å². The van der Waals surface area contributed by atoms with E-state index < -0.39 is 18.0 Å². The largest absolute Gasteiger partial charge is 0.494 e. The highest BCUT2D eigenvalue weighted by atomic mass is 32.1. The Kier molecular flexibility index (Phi) is 6.46. The Balaban J connectivity index is 1.40. The van der Waals surface area contributed by atoms with E-state index in [9.17, 15) is 9.59 Å². The Labute approximate surface area is 188 Å². The fourth-order valence-electron chi connectivity index (χ4n) is 3.04. The molecule has 0 saturated carbocycles. The third-order valence-corrected chi connectivity index (χ3v) is 5.43. The van der Waals surface area contributed by atoms with Crippen molar-refractivity contribution in [1.29, 1.82) is 0 Å². The van der Waals surface area contributed by atoms with Crippen molar-refractivity contribution in [3.63, 3.8) is 0 Å². The van der Waals surface area contributed by atoms with Crippen LogP contribution in [-0.4, -0.2) is 34.6 Å². The van der Waals surface area contributed by atoms with Crippen LogP contribution in [-0.2, 0) is 9.53 Å². The number of nitrogens with zero attached hydrogens (tertiary/aromatic N) is 2. The predicted molar refractivity (Wildman–Crippen MR) is 121 cm³/mol. The second-order valence-electron chi connectivity index (χ2n) is 6.82. The zero-order valence-corrected chi connectivity index (χ0v) is 18.3. The van der Waals surface area contributed by atoms with Gasteiger partial charge in [-0.2, -0.15) is 0 Å². The number of carbonyl (C=O) groups is 2. The van der Waals surface area contributed by atoms with Crippen molar-refractivity contribution in [2.75, 3.05) is 11.9 Å². The lowest BCUT2D eigenvalue weighted by Gasteiger charge is -2.15. The fourth-order valence-corrected chi connectivity index (χ4v) is 3.77. The molecule has 2 aromatic heterocycles. The summed E-state index contributed by atoms with van der Waals surface area (Å²) in [5, 5.41) is 5.02. The number of nitrogens with one attached hydrogen (secondary N) is 1. The van der Waals surface area contributed by atoms with Crippen molar-refractivity contribution in [3.8, 4) is 17.0 Å². The molecule has 1 N–H and O–H groups in total. The molecule has 4 rings (SSSR count). The number of oxazole rings is 1. The third kappa shape index (κ3) is 4.78. The van der Waals surface area contributed by atoms with Crippen molar-refractivity contribution in [2.45, 2.75) is 26.4 Å². The van der Waals surface area contributed by atoms with Gasteiger partial charge >= 0.3 is 5.97 Å². The summed E-state index contributed by atoms with van der Waals surface area (Å²) < 4.78 is 16.0. The molecule has 1 amide bonds. The van der Waals surface area contributed by atoms with Crippen LogP contribution >= 0.6 is 11.3 Å². The number of benzene rings is 2. The Morgan fingerprint density at radius 2 is 1.97 bits per heavy atom. The molecule has 0 saturated heterocycles. The van der Waals surface area contributed by atoms with Gasteiger partial charge in [-0.1, -0.05) is 6.92 Å². The Hall–Kier alpha value is -3.72. The summed E-state index contributed by atoms with van der Waals surface area (Å²) in [6.45, 7) is 4.30. The van der Waals surface area contributed by atoms with E-state index in [-0.39, 0.29) is 0 Å². The van der Waals surface area contributed by atoms with Gasteiger partial charge in [0.2, 0.25) is 0 Å². The van der Waals surface area contributed by atoms with E-state index in [0.717, 1.165) is 17.0 Å². The summed E-state index contributed by atoms with van der Waals surface area (Å²) in [6, 6.07) is 12.3. The van der Waals surface area contributed by atoms with Crippen LogP contribution in [0.4, 0.5) is 5.13 Å².